The number of aliphatic carboxylic acids is 1. The molecule has 0 saturated heterocycles. The van der Waals surface area contributed by atoms with Gasteiger partial charge in [0.15, 0.2) is 0 Å². The minimum absolute atomic E-state index is 0. The fraction of sp³-hybridized carbons (Fsp3) is 0.944. The Bertz CT molecular complexity index is 219. The smallest absolute Gasteiger partial charge is 1.00 e. The van der Waals surface area contributed by atoms with Gasteiger partial charge in [-0.2, -0.15) is 0 Å². The van der Waals surface area contributed by atoms with E-state index in [1.807, 2.05) is 0 Å². The molecule has 0 aliphatic rings. The van der Waals surface area contributed by atoms with E-state index >= 15 is 0 Å². The van der Waals surface area contributed by atoms with Gasteiger partial charge in [-0.3, -0.25) is 0 Å². The molecule has 0 fully saturated rings. The summed E-state index contributed by atoms with van der Waals surface area (Å²) in [5.41, 5.74) is 0. The molecule has 0 atom stereocenters. The summed E-state index contributed by atoms with van der Waals surface area (Å²) >= 11 is 0. The first kappa shape index (κ1) is 32.5. The third-order valence-corrected chi connectivity index (χ3v) is 3.98. The standard InChI is InChI=1S/C18H36O2.Ca.ClH.Mg/c1-2-3-4-5-6-7-8-9-10-11-12-13-14-15-16-17-18(19)20;;;/h2-17H2,1H3,(H,19,20);;1H;/q;+2;;+2/p-2. The zero-order chi connectivity index (χ0) is 14.9. The number of hydrogen-bond acceptors (Lipinski definition) is 2. The van der Waals surface area contributed by atoms with Crippen LogP contribution in [0.25, 0.3) is 0 Å². The summed E-state index contributed by atoms with van der Waals surface area (Å²) in [6, 6.07) is 0. The number of halogens is 1. The molecule has 0 aromatic rings. The second-order valence-corrected chi connectivity index (χ2v) is 6.07. The molecule has 0 aliphatic heterocycles. The summed E-state index contributed by atoms with van der Waals surface area (Å²) in [5, 5.41) is 10.2. The molecule has 2 nitrogen and oxygen atoms in total. The minimum atomic E-state index is -0.903. The molecule has 0 bridgehead atoms. The molecule has 0 rings (SSSR count). The van der Waals surface area contributed by atoms with Crippen molar-refractivity contribution in [3.8, 4) is 0 Å². The Hall–Kier alpha value is 1.79. The molecule has 0 unspecified atom stereocenters. The SMILES string of the molecule is CCCCCCCCCCCCCCCCCC(=O)[O-].[Ca+2].[Cl-].[Mg+2]. The number of carboxylic acid groups (broad SMARTS) is 1. The average Bonchev–Trinajstić information content (AvgIpc) is 2.43. The summed E-state index contributed by atoms with van der Waals surface area (Å²) in [7, 11) is 0. The molecule has 0 aromatic carbocycles. The predicted octanol–water partition coefficient (Wildman–Crippen LogP) is 1.24. The van der Waals surface area contributed by atoms with Gasteiger partial charge in [-0.05, 0) is 12.8 Å². The zero-order valence-corrected chi connectivity index (χ0v) is 19.8. The van der Waals surface area contributed by atoms with Crippen LogP contribution in [-0.2, 0) is 4.79 Å². The summed E-state index contributed by atoms with van der Waals surface area (Å²) in [4.78, 5) is 10.2. The second-order valence-electron chi connectivity index (χ2n) is 6.07. The quantitative estimate of drug-likeness (QED) is 0.297. The molecule has 5 heteroatoms. The van der Waals surface area contributed by atoms with E-state index in [1.165, 1.54) is 83.5 Å². The third kappa shape index (κ3) is 32.0. The van der Waals surface area contributed by atoms with Crippen LogP contribution in [0, 0.1) is 0 Å². The van der Waals surface area contributed by atoms with Gasteiger partial charge in [0.1, 0.15) is 0 Å². The second kappa shape index (κ2) is 28.6. The van der Waals surface area contributed by atoms with Gasteiger partial charge in [-0.25, -0.2) is 0 Å². The maximum atomic E-state index is 10.2. The van der Waals surface area contributed by atoms with Gasteiger partial charge in [0.25, 0.3) is 0 Å². The van der Waals surface area contributed by atoms with E-state index in [9.17, 15) is 9.90 Å². The monoisotopic (exact) mass is 382 g/mol. The fourth-order valence-electron chi connectivity index (χ4n) is 2.64. The van der Waals surface area contributed by atoms with E-state index in [4.69, 9.17) is 0 Å². The van der Waals surface area contributed by atoms with Crippen molar-refractivity contribution >= 4 is 66.8 Å². The fourth-order valence-corrected chi connectivity index (χ4v) is 2.64. The van der Waals surface area contributed by atoms with E-state index in [0.29, 0.717) is 0 Å². The molecule has 0 N–H and O–H groups in total. The molecule has 0 amide bonds. The minimum Gasteiger partial charge on any atom is -1.00 e. The van der Waals surface area contributed by atoms with E-state index in [0.717, 1.165) is 12.8 Å². The number of unbranched alkanes of at least 4 members (excludes halogenated alkanes) is 14. The van der Waals surface area contributed by atoms with Crippen molar-refractivity contribution in [3.05, 3.63) is 0 Å². The van der Waals surface area contributed by atoms with Crippen molar-refractivity contribution in [2.75, 3.05) is 0 Å². The predicted molar refractivity (Wildman–Crippen MR) is 96.1 cm³/mol. The molecular formula is C18H35CaClMgO2+2. The number of carbonyl (C=O) groups excluding carboxylic acids is 1. The van der Waals surface area contributed by atoms with Crippen LogP contribution in [0.2, 0.25) is 0 Å². The van der Waals surface area contributed by atoms with Crippen LogP contribution >= 0.6 is 0 Å². The molecule has 0 radical (unpaired) electrons. The maximum Gasteiger partial charge on any atom is 2.00 e. The third-order valence-electron chi connectivity index (χ3n) is 3.98. The first-order valence-corrected chi connectivity index (χ1v) is 8.97. The summed E-state index contributed by atoms with van der Waals surface area (Å²) in [6.45, 7) is 2.27. The van der Waals surface area contributed by atoms with Crippen LogP contribution in [0.4, 0.5) is 0 Å². The Kier molecular flexibility index (Phi) is 40.3. The van der Waals surface area contributed by atoms with Crippen LogP contribution in [0.3, 0.4) is 0 Å². The number of hydrogen-bond donors (Lipinski definition) is 0. The molecule has 0 aromatic heterocycles. The van der Waals surface area contributed by atoms with Crippen molar-refractivity contribution in [2.45, 2.75) is 110 Å². The molecule has 0 aliphatic carbocycles. The maximum absolute atomic E-state index is 10.2. The van der Waals surface area contributed by atoms with Crippen molar-refractivity contribution in [2.24, 2.45) is 0 Å². The Labute approximate surface area is 196 Å². The number of carboxylic acids is 1. The molecule has 128 valence electrons. The molecule has 0 saturated carbocycles. The van der Waals surface area contributed by atoms with Gasteiger partial charge in [0.2, 0.25) is 0 Å². The van der Waals surface area contributed by atoms with Gasteiger partial charge in [0.05, 0.1) is 0 Å². The van der Waals surface area contributed by atoms with E-state index in [-0.39, 0.29) is 79.6 Å². The average molecular weight is 383 g/mol. The van der Waals surface area contributed by atoms with Crippen molar-refractivity contribution in [3.63, 3.8) is 0 Å². The number of carbonyl (C=O) groups is 1. The van der Waals surface area contributed by atoms with Gasteiger partial charge < -0.3 is 22.3 Å². The van der Waals surface area contributed by atoms with Gasteiger partial charge in [-0.1, -0.05) is 96.8 Å². The van der Waals surface area contributed by atoms with Crippen molar-refractivity contribution in [1.82, 2.24) is 0 Å². The summed E-state index contributed by atoms with van der Waals surface area (Å²) < 4.78 is 0. The van der Waals surface area contributed by atoms with E-state index in [2.05, 4.69) is 6.92 Å². The Morgan fingerprint density at radius 3 is 1.17 bits per heavy atom. The van der Waals surface area contributed by atoms with Crippen molar-refractivity contribution < 1.29 is 22.3 Å². The molecule has 0 spiro atoms. The summed E-state index contributed by atoms with van der Waals surface area (Å²) in [6.07, 6.45) is 19.9. The Morgan fingerprint density at radius 1 is 0.652 bits per heavy atom. The first-order valence-electron chi connectivity index (χ1n) is 8.97. The number of rotatable bonds is 16. The van der Waals surface area contributed by atoms with Gasteiger partial charge in [-0.15, -0.1) is 0 Å². The largest absolute Gasteiger partial charge is 2.00 e. The Balaban J connectivity index is -0.000000602. The van der Waals surface area contributed by atoms with Gasteiger partial charge >= 0.3 is 60.8 Å². The van der Waals surface area contributed by atoms with Crippen LogP contribution in [-0.4, -0.2) is 66.8 Å². The van der Waals surface area contributed by atoms with Crippen LogP contribution in [0.1, 0.15) is 110 Å². The van der Waals surface area contributed by atoms with E-state index in [1.54, 1.807) is 0 Å². The summed E-state index contributed by atoms with van der Waals surface area (Å²) in [5.74, 6) is -0.903. The molecule has 0 heterocycles. The first-order chi connectivity index (χ1) is 9.77. The topological polar surface area (TPSA) is 40.1 Å². The van der Waals surface area contributed by atoms with Gasteiger partial charge in [0, 0.05) is 5.97 Å². The van der Waals surface area contributed by atoms with E-state index < -0.39 is 5.97 Å². The van der Waals surface area contributed by atoms with Crippen LogP contribution in [0.15, 0.2) is 0 Å². The molecule has 23 heavy (non-hydrogen) atoms. The van der Waals surface area contributed by atoms with Crippen LogP contribution < -0.4 is 17.5 Å². The normalized spacial score (nSPS) is 9.43. The zero-order valence-electron chi connectivity index (χ0n) is 15.4. The Morgan fingerprint density at radius 2 is 0.913 bits per heavy atom. The van der Waals surface area contributed by atoms with Crippen LogP contribution in [0.5, 0.6) is 0 Å². The molecular weight excluding hydrogens is 348 g/mol. The van der Waals surface area contributed by atoms with Crippen molar-refractivity contribution in [1.29, 1.82) is 0 Å².